The predicted molar refractivity (Wildman–Crippen MR) is 109 cm³/mol. The highest BCUT2D eigenvalue weighted by atomic mass is 16.5. The average Bonchev–Trinajstić information content (AvgIpc) is 2.75. The van der Waals surface area contributed by atoms with E-state index in [4.69, 9.17) is 9.47 Å². The molecule has 0 saturated carbocycles. The van der Waals surface area contributed by atoms with Crippen LogP contribution < -0.4 is 10.1 Å². The summed E-state index contributed by atoms with van der Waals surface area (Å²) in [6.07, 6.45) is 4.13. The SMILES string of the molecule is CC(OCCCNC(=O)c1ccc(Oc2cccnc2)cc1)c1ccccc1. The lowest BCUT2D eigenvalue weighted by atomic mass is 10.1. The second-order valence-electron chi connectivity index (χ2n) is 6.35. The molecule has 5 nitrogen and oxygen atoms in total. The van der Waals surface area contributed by atoms with Crippen LogP contribution >= 0.6 is 0 Å². The van der Waals surface area contributed by atoms with Crippen LogP contribution in [0.25, 0.3) is 0 Å². The smallest absolute Gasteiger partial charge is 0.251 e. The molecule has 0 fully saturated rings. The lowest BCUT2D eigenvalue weighted by Crippen LogP contribution is -2.25. The molecule has 0 bridgehead atoms. The third-order valence-corrected chi connectivity index (χ3v) is 4.23. The first kappa shape index (κ1) is 19.6. The summed E-state index contributed by atoms with van der Waals surface area (Å²) in [5, 5.41) is 2.91. The fourth-order valence-corrected chi connectivity index (χ4v) is 2.67. The number of nitrogens with zero attached hydrogens (tertiary/aromatic N) is 1. The monoisotopic (exact) mass is 376 g/mol. The molecule has 1 heterocycles. The number of carbonyl (C=O) groups is 1. The number of benzene rings is 2. The molecule has 144 valence electrons. The Morgan fingerprint density at radius 2 is 1.79 bits per heavy atom. The largest absolute Gasteiger partial charge is 0.456 e. The van der Waals surface area contributed by atoms with Crippen LogP contribution in [0.4, 0.5) is 0 Å². The number of pyridine rings is 1. The van der Waals surface area contributed by atoms with Gasteiger partial charge < -0.3 is 14.8 Å². The zero-order valence-electron chi connectivity index (χ0n) is 15.9. The number of ether oxygens (including phenoxy) is 2. The number of aromatic nitrogens is 1. The number of hydrogen-bond donors (Lipinski definition) is 1. The van der Waals surface area contributed by atoms with Gasteiger partial charge in [-0.05, 0) is 55.3 Å². The Morgan fingerprint density at radius 3 is 2.50 bits per heavy atom. The van der Waals surface area contributed by atoms with Gasteiger partial charge in [-0.3, -0.25) is 9.78 Å². The summed E-state index contributed by atoms with van der Waals surface area (Å²) in [5.74, 6) is 1.21. The molecule has 3 rings (SSSR count). The van der Waals surface area contributed by atoms with Gasteiger partial charge in [-0.2, -0.15) is 0 Å². The summed E-state index contributed by atoms with van der Waals surface area (Å²) in [7, 11) is 0. The number of amides is 1. The van der Waals surface area contributed by atoms with Gasteiger partial charge in [0.1, 0.15) is 11.5 Å². The topological polar surface area (TPSA) is 60.5 Å². The second kappa shape index (κ2) is 10.2. The molecule has 0 aliphatic carbocycles. The van der Waals surface area contributed by atoms with Crippen molar-refractivity contribution in [2.45, 2.75) is 19.4 Å². The van der Waals surface area contributed by atoms with E-state index in [1.165, 1.54) is 0 Å². The molecular formula is C23H24N2O3. The van der Waals surface area contributed by atoms with E-state index in [0.717, 1.165) is 12.0 Å². The Morgan fingerprint density at radius 1 is 1.00 bits per heavy atom. The fourth-order valence-electron chi connectivity index (χ4n) is 2.67. The predicted octanol–water partition coefficient (Wildman–Crippen LogP) is 4.77. The molecule has 0 radical (unpaired) electrons. The second-order valence-corrected chi connectivity index (χ2v) is 6.35. The van der Waals surface area contributed by atoms with Crippen molar-refractivity contribution >= 4 is 5.91 Å². The average molecular weight is 376 g/mol. The Bertz CT molecular complexity index is 852. The molecule has 28 heavy (non-hydrogen) atoms. The van der Waals surface area contributed by atoms with Gasteiger partial charge in [0, 0.05) is 24.9 Å². The van der Waals surface area contributed by atoms with Gasteiger partial charge in [-0.15, -0.1) is 0 Å². The Balaban J connectivity index is 1.38. The normalized spacial score (nSPS) is 11.6. The van der Waals surface area contributed by atoms with Crippen LogP contribution in [0.1, 0.15) is 35.4 Å². The molecule has 2 aromatic carbocycles. The molecule has 0 spiro atoms. The van der Waals surface area contributed by atoms with Crippen molar-refractivity contribution in [3.05, 3.63) is 90.3 Å². The summed E-state index contributed by atoms with van der Waals surface area (Å²) in [5.41, 5.74) is 1.75. The van der Waals surface area contributed by atoms with Gasteiger partial charge >= 0.3 is 0 Å². The van der Waals surface area contributed by atoms with E-state index in [9.17, 15) is 4.79 Å². The molecule has 0 aliphatic rings. The van der Waals surface area contributed by atoms with Crippen molar-refractivity contribution < 1.29 is 14.3 Å². The van der Waals surface area contributed by atoms with Crippen LogP contribution in [-0.2, 0) is 4.74 Å². The van der Waals surface area contributed by atoms with Crippen molar-refractivity contribution in [2.24, 2.45) is 0 Å². The van der Waals surface area contributed by atoms with E-state index in [2.05, 4.69) is 10.3 Å². The first-order valence-corrected chi connectivity index (χ1v) is 9.35. The van der Waals surface area contributed by atoms with Gasteiger partial charge in [0.2, 0.25) is 0 Å². The molecule has 0 aliphatic heterocycles. The first-order valence-electron chi connectivity index (χ1n) is 9.35. The number of hydrogen-bond acceptors (Lipinski definition) is 4. The maximum atomic E-state index is 12.2. The lowest BCUT2D eigenvalue weighted by molar-refractivity contribution is 0.0635. The molecule has 1 unspecified atom stereocenters. The minimum atomic E-state index is -0.107. The van der Waals surface area contributed by atoms with E-state index in [1.54, 1.807) is 36.7 Å². The van der Waals surface area contributed by atoms with Crippen molar-refractivity contribution in [2.75, 3.05) is 13.2 Å². The maximum absolute atomic E-state index is 12.2. The highest BCUT2D eigenvalue weighted by molar-refractivity contribution is 5.94. The van der Waals surface area contributed by atoms with Crippen molar-refractivity contribution in [3.8, 4) is 11.5 Å². The highest BCUT2D eigenvalue weighted by Gasteiger charge is 2.07. The standard InChI is InChI=1S/C23H24N2O3/c1-18(19-7-3-2-4-8-19)27-16-6-15-25-23(26)20-10-12-21(13-11-20)28-22-9-5-14-24-17-22/h2-5,7-14,17-18H,6,15-16H2,1H3,(H,25,26). The molecule has 1 N–H and O–H groups in total. The van der Waals surface area contributed by atoms with E-state index in [0.29, 0.717) is 30.2 Å². The van der Waals surface area contributed by atoms with Crippen LogP contribution in [-0.4, -0.2) is 24.0 Å². The van der Waals surface area contributed by atoms with E-state index in [1.807, 2.05) is 49.4 Å². The zero-order valence-corrected chi connectivity index (χ0v) is 15.9. The van der Waals surface area contributed by atoms with Gasteiger partial charge in [-0.25, -0.2) is 0 Å². The van der Waals surface area contributed by atoms with Gasteiger partial charge in [0.25, 0.3) is 5.91 Å². The van der Waals surface area contributed by atoms with Gasteiger partial charge in [-0.1, -0.05) is 30.3 Å². The molecule has 1 amide bonds. The van der Waals surface area contributed by atoms with Crippen LogP contribution in [0.3, 0.4) is 0 Å². The molecule has 3 aromatic rings. The highest BCUT2D eigenvalue weighted by Crippen LogP contribution is 2.20. The minimum absolute atomic E-state index is 0.0456. The number of carbonyl (C=O) groups excluding carboxylic acids is 1. The lowest BCUT2D eigenvalue weighted by Gasteiger charge is -2.13. The Labute approximate surface area is 165 Å². The Hall–Kier alpha value is -3.18. The maximum Gasteiger partial charge on any atom is 0.251 e. The van der Waals surface area contributed by atoms with E-state index >= 15 is 0 Å². The van der Waals surface area contributed by atoms with Crippen LogP contribution in [0.15, 0.2) is 79.1 Å². The zero-order chi connectivity index (χ0) is 19.6. The van der Waals surface area contributed by atoms with Gasteiger partial charge in [0.15, 0.2) is 0 Å². The molecule has 0 saturated heterocycles. The number of nitrogens with one attached hydrogen (secondary N) is 1. The summed E-state index contributed by atoms with van der Waals surface area (Å²) in [6.45, 7) is 3.19. The fraction of sp³-hybridized carbons (Fsp3) is 0.217. The molecule has 1 aromatic heterocycles. The Kier molecular flexibility index (Phi) is 7.15. The van der Waals surface area contributed by atoms with Gasteiger partial charge in [0.05, 0.1) is 12.3 Å². The first-order chi connectivity index (χ1) is 13.7. The summed E-state index contributed by atoms with van der Waals surface area (Å²) in [4.78, 5) is 16.2. The number of rotatable bonds is 9. The van der Waals surface area contributed by atoms with E-state index < -0.39 is 0 Å². The van der Waals surface area contributed by atoms with Crippen molar-refractivity contribution in [1.82, 2.24) is 10.3 Å². The molecule has 5 heteroatoms. The van der Waals surface area contributed by atoms with Crippen LogP contribution in [0.5, 0.6) is 11.5 Å². The van der Waals surface area contributed by atoms with Crippen LogP contribution in [0.2, 0.25) is 0 Å². The van der Waals surface area contributed by atoms with Crippen molar-refractivity contribution in [1.29, 1.82) is 0 Å². The minimum Gasteiger partial charge on any atom is -0.456 e. The summed E-state index contributed by atoms with van der Waals surface area (Å²) in [6, 6.07) is 20.8. The van der Waals surface area contributed by atoms with E-state index in [-0.39, 0.29) is 12.0 Å². The van der Waals surface area contributed by atoms with Crippen LogP contribution in [0, 0.1) is 0 Å². The third kappa shape index (κ3) is 5.93. The quantitative estimate of drug-likeness (QED) is 0.547. The molecular weight excluding hydrogens is 352 g/mol. The third-order valence-electron chi connectivity index (χ3n) is 4.23. The van der Waals surface area contributed by atoms with Crippen molar-refractivity contribution in [3.63, 3.8) is 0 Å². The summed E-state index contributed by atoms with van der Waals surface area (Å²) < 4.78 is 11.5. The molecule has 1 atom stereocenters. The summed E-state index contributed by atoms with van der Waals surface area (Å²) >= 11 is 0.